The topological polar surface area (TPSA) is 50.2 Å². The van der Waals surface area contributed by atoms with Crippen LogP contribution in [0.5, 0.6) is 0 Å². The third kappa shape index (κ3) is 2.26. The van der Waals surface area contributed by atoms with Crippen molar-refractivity contribution in [1.82, 2.24) is 4.98 Å². The number of thiazole rings is 1. The van der Waals surface area contributed by atoms with E-state index >= 15 is 0 Å². The monoisotopic (exact) mass is 277 g/mol. The Morgan fingerprint density at radius 1 is 1.47 bits per heavy atom. The van der Waals surface area contributed by atoms with Crippen LogP contribution in [0.25, 0.3) is 10.6 Å². The molecule has 3 nitrogen and oxygen atoms in total. The van der Waals surface area contributed by atoms with Crippen LogP contribution in [0, 0.1) is 12.7 Å². The van der Waals surface area contributed by atoms with Crippen molar-refractivity contribution in [3.8, 4) is 10.6 Å². The quantitative estimate of drug-likeness (QED) is 0.927. The Labute approximate surface area is 113 Å². The Balaban J connectivity index is 2.12. The molecule has 1 heterocycles. The van der Waals surface area contributed by atoms with Crippen molar-refractivity contribution < 1.29 is 14.3 Å². The Hall–Kier alpha value is -1.75. The second-order valence-corrected chi connectivity index (χ2v) is 5.77. The van der Waals surface area contributed by atoms with E-state index in [0.717, 1.165) is 29.7 Å². The molecule has 1 N–H and O–H groups in total. The minimum Gasteiger partial charge on any atom is -0.477 e. The van der Waals surface area contributed by atoms with Gasteiger partial charge < -0.3 is 5.11 Å². The van der Waals surface area contributed by atoms with Crippen LogP contribution in [0.1, 0.15) is 39.7 Å². The first-order valence-corrected chi connectivity index (χ1v) is 6.88. The molecule has 5 heteroatoms. The lowest BCUT2D eigenvalue weighted by Crippen LogP contribution is -1.97. The lowest BCUT2D eigenvalue weighted by atomic mass is 10.1. The van der Waals surface area contributed by atoms with Crippen molar-refractivity contribution in [3.63, 3.8) is 0 Å². The van der Waals surface area contributed by atoms with Crippen molar-refractivity contribution >= 4 is 17.3 Å². The molecule has 1 aliphatic rings. The van der Waals surface area contributed by atoms with Crippen LogP contribution >= 0.6 is 11.3 Å². The molecular formula is C14H12FNO2S. The molecule has 0 radical (unpaired) electrons. The molecule has 0 bridgehead atoms. The van der Waals surface area contributed by atoms with Gasteiger partial charge >= 0.3 is 5.97 Å². The van der Waals surface area contributed by atoms with Gasteiger partial charge in [0.1, 0.15) is 15.7 Å². The smallest absolute Gasteiger partial charge is 0.347 e. The number of aryl methyl sites for hydroxylation is 1. The summed E-state index contributed by atoms with van der Waals surface area (Å²) in [5.41, 5.74) is 2.24. The summed E-state index contributed by atoms with van der Waals surface area (Å²) in [6.07, 6.45) is 1.98. The van der Waals surface area contributed by atoms with Gasteiger partial charge in [0.15, 0.2) is 0 Å². The lowest BCUT2D eigenvalue weighted by Gasteiger charge is -2.01. The molecule has 3 rings (SSSR count). The molecule has 98 valence electrons. The summed E-state index contributed by atoms with van der Waals surface area (Å²) >= 11 is 1.13. The zero-order valence-electron chi connectivity index (χ0n) is 10.3. The SMILES string of the molecule is Cc1ccc(F)cc1-c1nc(C2CC2)c(C(=O)O)s1. The average Bonchev–Trinajstić information content (AvgIpc) is 3.11. The van der Waals surface area contributed by atoms with Gasteiger partial charge in [-0.3, -0.25) is 0 Å². The van der Waals surface area contributed by atoms with Gasteiger partial charge in [-0.2, -0.15) is 0 Å². The molecule has 0 aliphatic heterocycles. The first kappa shape index (κ1) is 12.3. The van der Waals surface area contributed by atoms with E-state index in [9.17, 15) is 14.3 Å². The van der Waals surface area contributed by atoms with Gasteiger partial charge in [-0.25, -0.2) is 14.2 Å². The van der Waals surface area contributed by atoms with Crippen molar-refractivity contribution in [2.24, 2.45) is 0 Å². The predicted molar refractivity (Wildman–Crippen MR) is 71.2 cm³/mol. The Kier molecular flexibility index (Phi) is 2.86. The minimum absolute atomic E-state index is 0.268. The third-order valence-corrected chi connectivity index (χ3v) is 4.33. The van der Waals surface area contributed by atoms with E-state index in [4.69, 9.17) is 0 Å². The molecule has 2 aromatic rings. The number of carboxylic acids is 1. The number of rotatable bonds is 3. The molecule has 0 atom stereocenters. The Bertz CT molecular complexity index is 661. The number of carbonyl (C=O) groups is 1. The van der Waals surface area contributed by atoms with E-state index in [-0.39, 0.29) is 11.7 Å². The number of aromatic carboxylic acids is 1. The third-order valence-electron chi connectivity index (χ3n) is 3.24. The van der Waals surface area contributed by atoms with E-state index in [1.807, 2.05) is 6.92 Å². The van der Waals surface area contributed by atoms with E-state index in [1.54, 1.807) is 6.07 Å². The maximum atomic E-state index is 13.3. The number of carboxylic acid groups (broad SMARTS) is 1. The van der Waals surface area contributed by atoms with Crippen LogP contribution < -0.4 is 0 Å². The van der Waals surface area contributed by atoms with Crippen LogP contribution in [-0.4, -0.2) is 16.1 Å². The molecule has 0 saturated heterocycles. The highest BCUT2D eigenvalue weighted by Crippen LogP contribution is 2.44. The number of hydrogen-bond acceptors (Lipinski definition) is 3. The number of halogens is 1. The van der Waals surface area contributed by atoms with Crippen LogP contribution in [0.15, 0.2) is 18.2 Å². The molecule has 0 unspecified atom stereocenters. The number of hydrogen-bond donors (Lipinski definition) is 1. The minimum atomic E-state index is -0.945. The molecular weight excluding hydrogens is 265 g/mol. The standard InChI is InChI=1S/C14H12FNO2S/c1-7-2-5-9(15)6-10(7)13-16-11(8-3-4-8)12(19-13)14(17)18/h2,5-6,8H,3-4H2,1H3,(H,17,18). The first-order valence-electron chi connectivity index (χ1n) is 6.07. The van der Waals surface area contributed by atoms with Gasteiger partial charge in [0.05, 0.1) is 5.69 Å². The predicted octanol–water partition coefficient (Wildman–Crippen LogP) is 3.83. The fourth-order valence-corrected chi connectivity index (χ4v) is 3.13. The molecule has 1 fully saturated rings. The van der Waals surface area contributed by atoms with Gasteiger partial charge in [0.25, 0.3) is 0 Å². The largest absolute Gasteiger partial charge is 0.477 e. The van der Waals surface area contributed by atoms with E-state index in [0.29, 0.717) is 21.1 Å². The zero-order valence-corrected chi connectivity index (χ0v) is 11.1. The Morgan fingerprint density at radius 3 is 2.84 bits per heavy atom. The first-order chi connectivity index (χ1) is 9.06. The Morgan fingerprint density at radius 2 is 2.21 bits per heavy atom. The van der Waals surface area contributed by atoms with Gasteiger partial charge in [-0.1, -0.05) is 6.07 Å². The maximum Gasteiger partial charge on any atom is 0.347 e. The summed E-state index contributed by atoms with van der Waals surface area (Å²) in [6, 6.07) is 4.49. The summed E-state index contributed by atoms with van der Waals surface area (Å²) in [5, 5.41) is 9.82. The highest BCUT2D eigenvalue weighted by Gasteiger charge is 2.32. The van der Waals surface area contributed by atoms with Gasteiger partial charge in [-0.05, 0) is 37.5 Å². The molecule has 0 amide bonds. The fraction of sp³-hybridized carbons (Fsp3) is 0.286. The van der Waals surface area contributed by atoms with E-state index in [2.05, 4.69) is 4.98 Å². The zero-order chi connectivity index (χ0) is 13.6. The van der Waals surface area contributed by atoms with Crippen molar-refractivity contribution in [2.75, 3.05) is 0 Å². The number of nitrogens with zero attached hydrogens (tertiary/aromatic N) is 1. The molecule has 1 aromatic heterocycles. The number of benzene rings is 1. The number of aromatic nitrogens is 1. The van der Waals surface area contributed by atoms with Crippen molar-refractivity contribution in [2.45, 2.75) is 25.7 Å². The highest BCUT2D eigenvalue weighted by molar-refractivity contribution is 7.17. The average molecular weight is 277 g/mol. The molecule has 1 aromatic carbocycles. The van der Waals surface area contributed by atoms with Crippen LogP contribution in [0.4, 0.5) is 4.39 Å². The van der Waals surface area contributed by atoms with Crippen LogP contribution in [0.2, 0.25) is 0 Å². The summed E-state index contributed by atoms with van der Waals surface area (Å²) in [6.45, 7) is 1.87. The van der Waals surface area contributed by atoms with Crippen LogP contribution in [-0.2, 0) is 0 Å². The molecule has 1 saturated carbocycles. The van der Waals surface area contributed by atoms with Crippen molar-refractivity contribution in [3.05, 3.63) is 40.2 Å². The van der Waals surface area contributed by atoms with Gasteiger partial charge in [-0.15, -0.1) is 11.3 Å². The highest BCUT2D eigenvalue weighted by atomic mass is 32.1. The summed E-state index contributed by atoms with van der Waals surface area (Å²) in [5.74, 6) is -1.01. The fourth-order valence-electron chi connectivity index (χ4n) is 2.06. The lowest BCUT2D eigenvalue weighted by molar-refractivity contribution is 0.0700. The van der Waals surface area contributed by atoms with Crippen LogP contribution in [0.3, 0.4) is 0 Å². The van der Waals surface area contributed by atoms with E-state index < -0.39 is 5.97 Å². The summed E-state index contributed by atoms with van der Waals surface area (Å²) in [4.78, 5) is 16.0. The normalized spacial score (nSPS) is 14.6. The van der Waals surface area contributed by atoms with Gasteiger partial charge in [0, 0.05) is 11.5 Å². The molecule has 0 spiro atoms. The van der Waals surface area contributed by atoms with Crippen molar-refractivity contribution in [1.29, 1.82) is 0 Å². The molecule has 1 aliphatic carbocycles. The maximum absolute atomic E-state index is 13.3. The van der Waals surface area contributed by atoms with Gasteiger partial charge in [0.2, 0.25) is 0 Å². The summed E-state index contributed by atoms with van der Waals surface area (Å²) < 4.78 is 13.3. The second-order valence-electron chi connectivity index (χ2n) is 4.77. The second kappa shape index (κ2) is 4.42. The van der Waals surface area contributed by atoms with E-state index in [1.165, 1.54) is 12.1 Å². The summed E-state index contributed by atoms with van der Waals surface area (Å²) in [7, 11) is 0. The molecule has 19 heavy (non-hydrogen) atoms.